The van der Waals surface area contributed by atoms with Gasteiger partial charge in [0, 0.05) is 11.3 Å². The third kappa shape index (κ3) is 6.19. The fourth-order valence-corrected chi connectivity index (χ4v) is 2.54. The van der Waals surface area contributed by atoms with E-state index in [0.29, 0.717) is 5.75 Å². The zero-order valence-electron chi connectivity index (χ0n) is 16.7. The third-order valence-electron chi connectivity index (χ3n) is 4.00. The molecule has 3 N–H and O–H groups in total. The average Bonchev–Trinajstić information content (AvgIpc) is 2.77. The van der Waals surface area contributed by atoms with E-state index in [1.165, 1.54) is 31.4 Å². The number of carbonyl (C=O) groups excluding carboxylic acids is 1. The summed E-state index contributed by atoms with van der Waals surface area (Å²) in [5.41, 5.74) is 4.50. The summed E-state index contributed by atoms with van der Waals surface area (Å²) in [5, 5.41) is 14.2. The Morgan fingerprint density at radius 3 is 2.18 bits per heavy atom. The number of nitrogens with zero attached hydrogens (tertiary/aromatic N) is 3. The van der Waals surface area contributed by atoms with Crippen molar-refractivity contribution in [2.75, 3.05) is 17.9 Å². The largest absolute Gasteiger partial charge is 0.573 e. The van der Waals surface area contributed by atoms with Gasteiger partial charge in [-0.3, -0.25) is 25.8 Å². The number of hydrazine groups is 1. The van der Waals surface area contributed by atoms with Crippen LogP contribution in [0.25, 0.3) is 0 Å². The third-order valence-corrected chi connectivity index (χ3v) is 4.00. The van der Waals surface area contributed by atoms with Crippen molar-refractivity contribution in [3.63, 3.8) is 0 Å². The number of anilines is 3. The molecule has 1 aromatic heterocycles. The molecule has 172 valence electrons. The van der Waals surface area contributed by atoms with Crippen molar-refractivity contribution >= 4 is 28.9 Å². The van der Waals surface area contributed by atoms with Gasteiger partial charge < -0.3 is 14.8 Å². The Kier molecular flexibility index (Phi) is 6.76. The molecule has 1 amide bonds. The molecule has 0 radical (unpaired) electrons. The Labute approximate surface area is 183 Å². The summed E-state index contributed by atoms with van der Waals surface area (Å²) < 4.78 is 45.6. The van der Waals surface area contributed by atoms with Crippen LogP contribution in [0.5, 0.6) is 11.5 Å². The predicted octanol–water partition coefficient (Wildman–Crippen LogP) is 3.79. The van der Waals surface area contributed by atoms with Crippen molar-refractivity contribution < 1.29 is 32.4 Å². The van der Waals surface area contributed by atoms with Crippen molar-refractivity contribution in [1.29, 1.82) is 0 Å². The van der Waals surface area contributed by atoms with Crippen LogP contribution in [-0.4, -0.2) is 34.3 Å². The van der Waals surface area contributed by atoms with Crippen LogP contribution in [0.1, 0.15) is 10.4 Å². The Morgan fingerprint density at radius 1 is 1.00 bits per heavy atom. The van der Waals surface area contributed by atoms with Gasteiger partial charge in [0.1, 0.15) is 17.8 Å². The molecule has 1 heterocycles. The molecule has 0 spiro atoms. The van der Waals surface area contributed by atoms with Crippen molar-refractivity contribution in [3.8, 4) is 11.5 Å². The summed E-state index contributed by atoms with van der Waals surface area (Å²) in [5.74, 6) is -1.11. The number of amides is 1. The van der Waals surface area contributed by atoms with E-state index in [-0.39, 0.29) is 22.9 Å². The van der Waals surface area contributed by atoms with Crippen LogP contribution < -0.4 is 25.6 Å². The van der Waals surface area contributed by atoms with Gasteiger partial charge in [-0.05, 0) is 48.5 Å². The monoisotopic (exact) mass is 464 g/mol. The molecule has 0 atom stereocenters. The summed E-state index contributed by atoms with van der Waals surface area (Å²) in [4.78, 5) is 30.7. The highest BCUT2D eigenvalue weighted by Crippen LogP contribution is 2.31. The van der Waals surface area contributed by atoms with Crippen LogP contribution in [0.2, 0.25) is 0 Å². The van der Waals surface area contributed by atoms with E-state index in [2.05, 4.69) is 30.9 Å². The number of nitro groups is 1. The molecule has 2 aromatic carbocycles. The molecule has 0 aliphatic rings. The first-order chi connectivity index (χ1) is 15.7. The molecule has 3 rings (SSSR count). The lowest BCUT2D eigenvalue weighted by molar-refractivity contribution is -0.383. The van der Waals surface area contributed by atoms with Gasteiger partial charge in [-0.15, -0.1) is 13.2 Å². The molecule has 0 saturated carbocycles. The maximum atomic E-state index is 12.3. The highest BCUT2D eigenvalue weighted by atomic mass is 19.4. The van der Waals surface area contributed by atoms with Gasteiger partial charge in [0.2, 0.25) is 11.6 Å². The second-order valence-electron chi connectivity index (χ2n) is 6.18. The van der Waals surface area contributed by atoms with E-state index < -0.39 is 28.6 Å². The highest BCUT2D eigenvalue weighted by molar-refractivity contribution is 5.95. The zero-order valence-corrected chi connectivity index (χ0v) is 16.7. The van der Waals surface area contributed by atoms with Crippen molar-refractivity contribution in [2.45, 2.75) is 6.36 Å². The minimum absolute atomic E-state index is 0.194. The average molecular weight is 464 g/mol. The Morgan fingerprint density at radius 2 is 1.61 bits per heavy atom. The normalized spacial score (nSPS) is 10.8. The molecule has 0 unspecified atom stereocenters. The van der Waals surface area contributed by atoms with Crippen molar-refractivity contribution in [1.82, 2.24) is 15.4 Å². The minimum Gasteiger partial charge on any atom is -0.497 e. The van der Waals surface area contributed by atoms with E-state index >= 15 is 0 Å². The molecule has 3 aromatic rings. The van der Waals surface area contributed by atoms with Crippen molar-refractivity contribution in [2.24, 2.45) is 0 Å². The van der Waals surface area contributed by atoms with E-state index in [1.807, 2.05) is 0 Å². The van der Waals surface area contributed by atoms with Crippen LogP contribution >= 0.6 is 0 Å². The Hall–Kier alpha value is -4.62. The van der Waals surface area contributed by atoms with Crippen molar-refractivity contribution in [3.05, 3.63) is 70.5 Å². The topological polar surface area (TPSA) is 141 Å². The second-order valence-corrected chi connectivity index (χ2v) is 6.18. The number of methoxy groups -OCH3 is 1. The van der Waals surface area contributed by atoms with Gasteiger partial charge in [0.05, 0.1) is 12.0 Å². The Balaban J connectivity index is 1.75. The molecule has 0 aliphatic carbocycles. The van der Waals surface area contributed by atoms with Gasteiger partial charge >= 0.3 is 12.0 Å². The van der Waals surface area contributed by atoms with Gasteiger partial charge in [-0.2, -0.15) is 0 Å². The molecule has 11 nitrogen and oxygen atoms in total. The van der Waals surface area contributed by atoms with Gasteiger partial charge in [0.25, 0.3) is 5.91 Å². The van der Waals surface area contributed by atoms with E-state index in [0.717, 1.165) is 18.5 Å². The van der Waals surface area contributed by atoms with E-state index in [4.69, 9.17) is 4.74 Å². The number of hydrogen-bond acceptors (Lipinski definition) is 9. The molecule has 14 heteroatoms. The summed E-state index contributed by atoms with van der Waals surface area (Å²) in [6.07, 6.45) is -3.85. The van der Waals surface area contributed by atoms with Crippen LogP contribution in [-0.2, 0) is 0 Å². The Bertz CT molecular complexity index is 1140. The van der Waals surface area contributed by atoms with Crippen LogP contribution in [0.4, 0.5) is 36.2 Å². The zero-order chi connectivity index (χ0) is 24.0. The molecule has 0 saturated heterocycles. The number of alkyl halides is 3. The molecule has 0 bridgehead atoms. The lowest BCUT2D eigenvalue weighted by Crippen LogP contribution is -2.30. The first kappa shape index (κ1) is 23.1. The molecule has 33 heavy (non-hydrogen) atoms. The minimum atomic E-state index is -4.85. The molecular weight excluding hydrogens is 449 g/mol. The SMILES string of the molecule is COc1ccc(C(=O)NNc2ncnc(Nc3ccc(OC(F)(F)F)cc3)c2[N+](=O)[O-])cc1. The van der Waals surface area contributed by atoms with Crippen LogP contribution in [0, 0.1) is 10.1 Å². The van der Waals surface area contributed by atoms with Gasteiger partial charge in [-0.1, -0.05) is 0 Å². The maximum absolute atomic E-state index is 12.3. The predicted molar refractivity (Wildman–Crippen MR) is 109 cm³/mol. The molecule has 0 aliphatic heterocycles. The number of aromatic nitrogens is 2. The number of carbonyl (C=O) groups is 1. The van der Waals surface area contributed by atoms with Gasteiger partial charge in [-0.25, -0.2) is 9.97 Å². The standard InChI is InChI=1S/C19H15F3N6O5/c1-32-13-6-2-11(3-7-13)18(29)27-26-17-15(28(30)31)16(23-10-24-17)25-12-4-8-14(9-5-12)33-19(20,21)22/h2-10H,1H3,(H,27,29)(H2,23,24,25,26). The summed E-state index contributed by atoms with van der Waals surface area (Å²) in [7, 11) is 1.47. The molecular formula is C19H15F3N6O5. The molecule has 0 fully saturated rings. The fraction of sp³-hybridized carbons (Fsp3) is 0.105. The van der Waals surface area contributed by atoms with E-state index in [1.54, 1.807) is 12.1 Å². The fourth-order valence-electron chi connectivity index (χ4n) is 2.54. The number of rotatable bonds is 8. The number of benzene rings is 2. The van der Waals surface area contributed by atoms with Crippen LogP contribution in [0.3, 0.4) is 0 Å². The summed E-state index contributed by atoms with van der Waals surface area (Å²) in [6.45, 7) is 0. The van der Waals surface area contributed by atoms with Crippen LogP contribution in [0.15, 0.2) is 54.9 Å². The second kappa shape index (κ2) is 9.67. The highest BCUT2D eigenvalue weighted by Gasteiger charge is 2.31. The first-order valence-electron chi connectivity index (χ1n) is 8.99. The summed E-state index contributed by atoms with van der Waals surface area (Å²) in [6, 6.07) is 10.6. The quantitative estimate of drug-likeness (QED) is 0.335. The number of nitrogens with one attached hydrogen (secondary N) is 3. The summed E-state index contributed by atoms with van der Waals surface area (Å²) >= 11 is 0. The number of halogens is 3. The van der Waals surface area contributed by atoms with Gasteiger partial charge in [0.15, 0.2) is 0 Å². The lowest BCUT2D eigenvalue weighted by atomic mass is 10.2. The van der Waals surface area contributed by atoms with E-state index in [9.17, 15) is 28.1 Å². The number of ether oxygens (including phenoxy) is 2. The smallest absolute Gasteiger partial charge is 0.497 e. The maximum Gasteiger partial charge on any atom is 0.573 e. The lowest BCUT2D eigenvalue weighted by Gasteiger charge is -2.12. The first-order valence-corrected chi connectivity index (χ1v) is 8.99. The number of hydrogen-bond donors (Lipinski definition) is 3.